The first-order chi connectivity index (χ1) is 16.0. The quantitative estimate of drug-likeness (QED) is 0.0817. The molecule has 5 heteroatoms. The standard InChI is InChI=1S/C28H60P.BH2O3/c1-5-9-13-16-19-22-26-29(25-12-8-4,27-23-20-17-14-10-6-2)28-24-21-18-15-11-7-3;2-1(3)4/h5-28H2,1-4H3;2-3H/q+1;-1. The Morgan fingerprint density at radius 2 is 0.636 bits per heavy atom. The molecule has 0 aliphatic rings. The van der Waals surface area contributed by atoms with Crippen molar-refractivity contribution in [3.8, 4) is 0 Å². The minimum atomic E-state index is -2.42. The van der Waals surface area contributed by atoms with E-state index >= 15 is 0 Å². The summed E-state index contributed by atoms with van der Waals surface area (Å²) in [5.74, 6) is 0. The van der Waals surface area contributed by atoms with E-state index in [1.54, 1.807) is 43.9 Å². The fourth-order valence-corrected chi connectivity index (χ4v) is 9.86. The highest BCUT2D eigenvalue weighted by atomic mass is 31.2. The van der Waals surface area contributed by atoms with Gasteiger partial charge >= 0.3 is 7.32 Å². The molecule has 0 saturated carbocycles. The van der Waals surface area contributed by atoms with Gasteiger partial charge in [0.25, 0.3) is 0 Å². The van der Waals surface area contributed by atoms with Gasteiger partial charge in [0.15, 0.2) is 0 Å². The van der Waals surface area contributed by atoms with Gasteiger partial charge in [0, 0.05) is 7.26 Å². The molecule has 33 heavy (non-hydrogen) atoms. The second kappa shape index (κ2) is 28.6. The molecule has 0 aliphatic heterocycles. The molecule has 0 aromatic heterocycles. The van der Waals surface area contributed by atoms with Crippen LogP contribution >= 0.6 is 7.26 Å². The van der Waals surface area contributed by atoms with Crippen LogP contribution < -0.4 is 5.02 Å². The van der Waals surface area contributed by atoms with E-state index in [4.69, 9.17) is 15.1 Å². The molecule has 0 saturated heterocycles. The molecule has 0 aliphatic carbocycles. The van der Waals surface area contributed by atoms with Gasteiger partial charge in [-0.1, -0.05) is 111 Å². The lowest BCUT2D eigenvalue weighted by Gasteiger charge is -2.28. The Balaban J connectivity index is 0. The van der Waals surface area contributed by atoms with Crippen molar-refractivity contribution in [2.45, 2.75) is 156 Å². The minimum Gasteiger partial charge on any atom is -0.832 e. The minimum absolute atomic E-state index is 0.679. The van der Waals surface area contributed by atoms with Crippen molar-refractivity contribution in [2.75, 3.05) is 24.6 Å². The van der Waals surface area contributed by atoms with Crippen molar-refractivity contribution < 1.29 is 15.1 Å². The fraction of sp³-hybridized carbons (Fsp3) is 1.00. The number of unbranched alkanes of at least 4 members (excludes halogenated alkanes) is 16. The lowest BCUT2D eigenvalue weighted by Crippen LogP contribution is -2.29. The Labute approximate surface area is 210 Å². The van der Waals surface area contributed by atoms with Crippen molar-refractivity contribution in [1.29, 1.82) is 0 Å². The van der Waals surface area contributed by atoms with Gasteiger partial charge in [-0.05, 0) is 44.9 Å². The first-order valence-corrected chi connectivity index (χ1v) is 17.4. The molecule has 3 nitrogen and oxygen atoms in total. The summed E-state index contributed by atoms with van der Waals surface area (Å²) in [5, 5.41) is 22.8. The molecule has 0 aromatic rings. The van der Waals surface area contributed by atoms with Gasteiger partial charge in [0.2, 0.25) is 0 Å². The monoisotopic (exact) mass is 488 g/mol. The third kappa shape index (κ3) is 28.5. The molecule has 0 radical (unpaired) electrons. The predicted octanol–water partition coefficient (Wildman–Crippen LogP) is 8.20. The van der Waals surface area contributed by atoms with Crippen LogP contribution in [0.15, 0.2) is 0 Å². The summed E-state index contributed by atoms with van der Waals surface area (Å²) in [6, 6.07) is 0. The van der Waals surface area contributed by atoms with Crippen LogP contribution in [0.1, 0.15) is 156 Å². The van der Waals surface area contributed by atoms with Gasteiger partial charge in [-0.3, -0.25) is 0 Å². The van der Waals surface area contributed by atoms with Crippen LogP contribution in [-0.4, -0.2) is 42.0 Å². The molecular formula is C28H62BO3P. The molecule has 0 fully saturated rings. The van der Waals surface area contributed by atoms with Crippen LogP contribution in [0.5, 0.6) is 0 Å². The van der Waals surface area contributed by atoms with Crippen molar-refractivity contribution in [3.05, 3.63) is 0 Å². The summed E-state index contributed by atoms with van der Waals surface area (Å²) in [4.78, 5) is 0. The zero-order valence-corrected chi connectivity index (χ0v) is 24.2. The van der Waals surface area contributed by atoms with E-state index in [-0.39, 0.29) is 0 Å². The average Bonchev–Trinajstić information content (AvgIpc) is 2.79. The lowest BCUT2D eigenvalue weighted by atomic mass is 10.1. The van der Waals surface area contributed by atoms with Gasteiger partial charge in [0.1, 0.15) is 0 Å². The number of rotatable bonds is 24. The number of hydrogen-bond donors (Lipinski definition) is 2. The zero-order valence-electron chi connectivity index (χ0n) is 23.3. The smallest absolute Gasteiger partial charge is 0.339 e. The molecule has 0 spiro atoms. The Hall–Kier alpha value is 0.375. The SMILES string of the molecule is CCCCCCCC[P+](CCCC)(CCCCCCCC)CCCCCCCC.[O-]B(O)O. The van der Waals surface area contributed by atoms with Crippen LogP contribution in [0.2, 0.25) is 0 Å². The van der Waals surface area contributed by atoms with E-state index in [0.717, 1.165) is 0 Å². The first kappa shape index (κ1) is 35.5. The Kier molecular flexibility index (Phi) is 30.8. The van der Waals surface area contributed by atoms with Gasteiger partial charge in [-0.2, -0.15) is 0 Å². The summed E-state index contributed by atoms with van der Waals surface area (Å²) in [6.45, 7) is 9.42. The first-order valence-electron chi connectivity index (χ1n) is 14.8. The maximum atomic E-state index is 8.64. The molecule has 0 amide bonds. The summed E-state index contributed by atoms with van der Waals surface area (Å²) in [5.41, 5.74) is 0. The van der Waals surface area contributed by atoms with Crippen LogP contribution in [0.3, 0.4) is 0 Å². The highest BCUT2D eigenvalue weighted by Gasteiger charge is 2.34. The molecule has 2 N–H and O–H groups in total. The highest BCUT2D eigenvalue weighted by Crippen LogP contribution is 2.61. The van der Waals surface area contributed by atoms with Crippen LogP contribution in [-0.2, 0) is 0 Å². The lowest BCUT2D eigenvalue weighted by molar-refractivity contribution is -0.242. The van der Waals surface area contributed by atoms with Gasteiger partial charge in [-0.25, -0.2) is 0 Å². The van der Waals surface area contributed by atoms with Crippen molar-refractivity contribution >= 4 is 14.6 Å². The molecule has 0 unspecified atom stereocenters. The third-order valence-electron chi connectivity index (χ3n) is 6.94. The van der Waals surface area contributed by atoms with E-state index in [1.165, 1.54) is 109 Å². The van der Waals surface area contributed by atoms with E-state index in [1.807, 2.05) is 0 Å². The maximum absolute atomic E-state index is 8.64. The largest absolute Gasteiger partial charge is 0.832 e. The van der Waals surface area contributed by atoms with Crippen molar-refractivity contribution in [3.63, 3.8) is 0 Å². The maximum Gasteiger partial charge on any atom is 0.339 e. The second-order valence-corrected chi connectivity index (χ2v) is 14.7. The molecule has 0 rings (SSSR count). The summed E-state index contributed by atoms with van der Waals surface area (Å²) < 4.78 is 0. The van der Waals surface area contributed by atoms with Crippen LogP contribution in [0.4, 0.5) is 0 Å². The molecular weight excluding hydrogens is 426 g/mol. The van der Waals surface area contributed by atoms with Gasteiger partial charge in [-0.15, -0.1) is 0 Å². The Morgan fingerprint density at radius 3 is 0.909 bits per heavy atom. The van der Waals surface area contributed by atoms with E-state index in [0.29, 0.717) is 0 Å². The predicted molar refractivity (Wildman–Crippen MR) is 152 cm³/mol. The summed E-state index contributed by atoms with van der Waals surface area (Å²) in [6.07, 6.45) is 36.1. The van der Waals surface area contributed by atoms with Gasteiger partial charge < -0.3 is 15.1 Å². The number of hydrogen-bond acceptors (Lipinski definition) is 3. The normalized spacial score (nSPS) is 11.4. The fourth-order valence-electron chi connectivity index (χ4n) is 4.85. The highest BCUT2D eigenvalue weighted by molar-refractivity contribution is 7.75. The zero-order chi connectivity index (χ0) is 25.0. The van der Waals surface area contributed by atoms with Crippen LogP contribution in [0.25, 0.3) is 0 Å². The van der Waals surface area contributed by atoms with Crippen LogP contribution in [0, 0.1) is 0 Å². The third-order valence-corrected chi connectivity index (χ3v) is 12.0. The molecule has 0 heterocycles. The summed E-state index contributed by atoms with van der Waals surface area (Å²) >= 11 is 0. The Bertz CT molecular complexity index is 312. The van der Waals surface area contributed by atoms with Crippen molar-refractivity contribution in [1.82, 2.24) is 0 Å². The molecule has 0 atom stereocenters. The second-order valence-electron chi connectivity index (χ2n) is 10.2. The van der Waals surface area contributed by atoms with Crippen molar-refractivity contribution in [2.24, 2.45) is 0 Å². The molecule has 0 aromatic carbocycles. The topological polar surface area (TPSA) is 63.5 Å². The average molecular weight is 489 g/mol. The molecule has 200 valence electrons. The summed E-state index contributed by atoms with van der Waals surface area (Å²) in [7, 11) is -3.10. The van der Waals surface area contributed by atoms with E-state index < -0.39 is 14.6 Å². The Morgan fingerprint density at radius 1 is 0.424 bits per heavy atom. The van der Waals surface area contributed by atoms with Gasteiger partial charge in [0.05, 0.1) is 24.6 Å². The van der Waals surface area contributed by atoms with E-state index in [9.17, 15) is 0 Å². The molecule has 0 bridgehead atoms. The van der Waals surface area contributed by atoms with E-state index in [2.05, 4.69) is 27.7 Å².